The molecule has 88 valence electrons. The maximum atomic E-state index is 13.2. The number of rotatable bonds is 2. The van der Waals surface area contributed by atoms with Crippen molar-refractivity contribution >= 4 is 23.2 Å². The molecule has 0 aliphatic carbocycles. The molecule has 0 aliphatic rings. The fourth-order valence-electron chi connectivity index (χ4n) is 1.60. The van der Waals surface area contributed by atoms with Crippen LogP contribution in [-0.4, -0.2) is 0 Å². The minimum atomic E-state index is -0.330. The highest BCUT2D eigenvalue weighted by Gasteiger charge is 2.07. The summed E-state index contributed by atoms with van der Waals surface area (Å²) in [4.78, 5) is 0. The van der Waals surface area contributed by atoms with Gasteiger partial charge in [-0.05, 0) is 35.4 Å². The van der Waals surface area contributed by atoms with Crippen LogP contribution >= 0.6 is 23.2 Å². The van der Waals surface area contributed by atoms with Crippen LogP contribution in [0.4, 0.5) is 4.39 Å². The highest BCUT2D eigenvalue weighted by molar-refractivity contribution is 6.34. The molecule has 0 saturated carbocycles. The predicted octanol–water partition coefficient (Wildman–Crippen LogP) is 4.26. The Bertz CT molecular complexity index is 555. The fraction of sp³-hybridized carbons (Fsp3) is 0.0769. The molecule has 0 radical (unpaired) electrons. The largest absolute Gasteiger partial charge is 0.326 e. The van der Waals surface area contributed by atoms with Crippen LogP contribution in [-0.2, 0) is 6.54 Å². The Balaban J connectivity index is 2.53. The molecule has 0 spiro atoms. The predicted molar refractivity (Wildman–Crippen MR) is 69.7 cm³/mol. The Hall–Kier alpha value is -1.09. The van der Waals surface area contributed by atoms with Crippen molar-refractivity contribution in [1.82, 2.24) is 0 Å². The smallest absolute Gasteiger partial charge is 0.123 e. The highest BCUT2D eigenvalue weighted by atomic mass is 35.5. The van der Waals surface area contributed by atoms with Crippen LogP contribution in [0.5, 0.6) is 0 Å². The average molecular weight is 270 g/mol. The van der Waals surface area contributed by atoms with E-state index in [1.807, 2.05) is 12.1 Å². The topological polar surface area (TPSA) is 26.0 Å². The van der Waals surface area contributed by atoms with Crippen molar-refractivity contribution < 1.29 is 4.39 Å². The fourth-order valence-corrected chi connectivity index (χ4v) is 2.08. The molecule has 1 nitrogen and oxygen atoms in total. The van der Waals surface area contributed by atoms with E-state index in [-0.39, 0.29) is 5.82 Å². The molecule has 0 aliphatic heterocycles. The van der Waals surface area contributed by atoms with Gasteiger partial charge >= 0.3 is 0 Å². The molecular formula is C13H10Cl2FN. The minimum absolute atomic E-state index is 0.330. The van der Waals surface area contributed by atoms with Gasteiger partial charge < -0.3 is 5.73 Å². The van der Waals surface area contributed by atoms with E-state index in [9.17, 15) is 4.39 Å². The van der Waals surface area contributed by atoms with Crippen molar-refractivity contribution in [3.8, 4) is 11.1 Å². The summed E-state index contributed by atoms with van der Waals surface area (Å²) in [6, 6.07) is 9.62. The van der Waals surface area contributed by atoms with Crippen LogP contribution in [0.25, 0.3) is 11.1 Å². The standard InChI is InChI=1S/C13H10Cl2FN/c14-12-4-3-10(16)6-11(12)8-1-2-9(7-17)13(15)5-8/h1-6H,7,17H2. The first kappa shape index (κ1) is 12.4. The van der Waals surface area contributed by atoms with Gasteiger partial charge in [-0.15, -0.1) is 0 Å². The lowest BCUT2D eigenvalue weighted by Crippen LogP contribution is -1.97. The molecule has 0 heterocycles. The monoisotopic (exact) mass is 269 g/mol. The molecule has 2 rings (SSSR count). The molecule has 0 bridgehead atoms. The van der Waals surface area contributed by atoms with Gasteiger partial charge in [-0.3, -0.25) is 0 Å². The zero-order valence-electron chi connectivity index (χ0n) is 8.88. The summed E-state index contributed by atoms with van der Waals surface area (Å²) >= 11 is 12.1. The van der Waals surface area contributed by atoms with Crippen molar-refractivity contribution in [3.05, 3.63) is 57.8 Å². The molecule has 0 atom stereocenters. The Labute approximate surface area is 109 Å². The second kappa shape index (κ2) is 5.05. The first-order chi connectivity index (χ1) is 8.11. The quantitative estimate of drug-likeness (QED) is 0.866. The normalized spacial score (nSPS) is 10.6. The summed E-state index contributed by atoms with van der Waals surface area (Å²) in [5, 5.41) is 1.05. The molecule has 0 aromatic heterocycles. The van der Waals surface area contributed by atoms with Gasteiger partial charge in [0, 0.05) is 22.2 Å². The molecular weight excluding hydrogens is 260 g/mol. The van der Waals surface area contributed by atoms with E-state index >= 15 is 0 Å². The van der Waals surface area contributed by atoms with Crippen LogP contribution in [0.2, 0.25) is 10.0 Å². The number of hydrogen-bond acceptors (Lipinski definition) is 1. The van der Waals surface area contributed by atoms with E-state index in [0.717, 1.165) is 11.1 Å². The summed E-state index contributed by atoms with van der Waals surface area (Å²) in [7, 11) is 0. The van der Waals surface area contributed by atoms with Crippen molar-refractivity contribution in [1.29, 1.82) is 0 Å². The van der Waals surface area contributed by atoms with E-state index in [1.165, 1.54) is 18.2 Å². The van der Waals surface area contributed by atoms with E-state index in [1.54, 1.807) is 6.07 Å². The number of nitrogens with two attached hydrogens (primary N) is 1. The molecule has 17 heavy (non-hydrogen) atoms. The van der Waals surface area contributed by atoms with Gasteiger partial charge in [-0.1, -0.05) is 35.3 Å². The third-order valence-corrected chi connectivity index (χ3v) is 3.19. The van der Waals surface area contributed by atoms with Gasteiger partial charge in [0.05, 0.1) is 0 Å². The second-order valence-corrected chi connectivity index (χ2v) is 4.45. The van der Waals surface area contributed by atoms with Crippen LogP contribution in [0.15, 0.2) is 36.4 Å². The molecule has 0 fully saturated rings. The van der Waals surface area contributed by atoms with Gasteiger partial charge in [0.2, 0.25) is 0 Å². The van der Waals surface area contributed by atoms with Gasteiger partial charge in [0.15, 0.2) is 0 Å². The van der Waals surface area contributed by atoms with Crippen LogP contribution in [0.1, 0.15) is 5.56 Å². The zero-order valence-corrected chi connectivity index (χ0v) is 10.4. The SMILES string of the molecule is NCc1ccc(-c2cc(F)ccc2Cl)cc1Cl. The van der Waals surface area contributed by atoms with Gasteiger partial charge in [0.25, 0.3) is 0 Å². The lowest BCUT2D eigenvalue weighted by molar-refractivity contribution is 0.628. The molecule has 2 aromatic rings. The van der Waals surface area contributed by atoms with Crippen molar-refractivity contribution in [3.63, 3.8) is 0 Å². The summed E-state index contributed by atoms with van der Waals surface area (Å²) in [5.74, 6) is -0.330. The van der Waals surface area contributed by atoms with E-state index in [2.05, 4.69) is 0 Å². The third-order valence-electron chi connectivity index (χ3n) is 2.51. The van der Waals surface area contributed by atoms with Crippen LogP contribution in [0.3, 0.4) is 0 Å². The Morgan fingerprint density at radius 2 is 1.76 bits per heavy atom. The maximum Gasteiger partial charge on any atom is 0.123 e. The summed E-state index contributed by atoms with van der Waals surface area (Å²) in [6.45, 7) is 0.371. The van der Waals surface area contributed by atoms with Crippen molar-refractivity contribution in [2.24, 2.45) is 5.73 Å². The van der Waals surface area contributed by atoms with Gasteiger partial charge in [-0.25, -0.2) is 4.39 Å². The maximum absolute atomic E-state index is 13.2. The van der Waals surface area contributed by atoms with Crippen LogP contribution < -0.4 is 5.73 Å². The summed E-state index contributed by atoms with van der Waals surface area (Å²) in [5.41, 5.74) is 7.77. The Kier molecular flexibility index (Phi) is 3.67. The van der Waals surface area contributed by atoms with Crippen molar-refractivity contribution in [2.45, 2.75) is 6.54 Å². The average Bonchev–Trinajstić information content (AvgIpc) is 2.32. The third kappa shape index (κ3) is 2.60. The molecule has 4 heteroatoms. The summed E-state index contributed by atoms with van der Waals surface area (Å²) in [6.07, 6.45) is 0. The van der Waals surface area contributed by atoms with Crippen LogP contribution in [0, 0.1) is 5.82 Å². The van der Waals surface area contributed by atoms with Gasteiger partial charge in [0.1, 0.15) is 5.82 Å². The zero-order chi connectivity index (χ0) is 12.4. The Morgan fingerprint density at radius 1 is 1.00 bits per heavy atom. The van der Waals surface area contributed by atoms with E-state index < -0.39 is 0 Å². The number of benzene rings is 2. The lowest BCUT2D eigenvalue weighted by atomic mass is 10.0. The van der Waals surface area contributed by atoms with Crippen molar-refractivity contribution in [2.75, 3.05) is 0 Å². The first-order valence-electron chi connectivity index (χ1n) is 5.05. The molecule has 0 amide bonds. The molecule has 2 N–H and O–H groups in total. The molecule has 2 aromatic carbocycles. The highest BCUT2D eigenvalue weighted by Crippen LogP contribution is 2.31. The first-order valence-corrected chi connectivity index (χ1v) is 5.81. The minimum Gasteiger partial charge on any atom is -0.326 e. The Morgan fingerprint density at radius 3 is 2.41 bits per heavy atom. The molecule has 0 saturated heterocycles. The number of hydrogen-bond donors (Lipinski definition) is 1. The lowest BCUT2D eigenvalue weighted by Gasteiger charge is -2.07. The van der Waals surface area contributed by atoms with E-state index in [0.29, 0.717) is 22.2 Å². The second-order valence-electron chi connectivity index (χ2n) is 3.63. The van der Waals surface area contributed by atoms with E-state index in [4.69, 9.17) is 28.9 Å². The molecule has 0 unspecified atom stereocenters. The summed E-state index contributed by atoms with van der Waals surface area (Å²) < 4.78 is 13.2. The van der Waals surface area contributed by atoms with Gasteiger partial charge in [-0.2, -0.15) is 0 Å². The number of halogens is 3.